The Morgan fingerprint density at radius 2 is 1.25 bits per heavy atom. The van der Waals surface area contributed by atoms with Crippen LogP contribution in [0.2, 0.25) is 11.6 Å². The number of hydrogen-bond donors (Lipinski definition) is 0. The minimum absolute atomic E-state index is 0.588. The number of rotatable bonds is 3. The normalized spacial score (nSPS) is 27.6. The zero-order valence-corrected chi connectivity index (χ0v) is 10.8. The first-order chi connectivity index (χ1) is 7.61. The van der Waals surface area contributed by atoms with E-state index in [4.69, 9.17) is 0 Å². The summed E-state index contributed by atoms with van der Waals surface area (Å²) < 4.78 is 0. The molecule has 2 aliphatic rings. The van der Waals surface area contributed by atoms with Crippen molar-refractivity contribution < 1.29 is 0 Å². The number of nitrogens with zero attached hydrogens (tertiary/aromatic N) is 1. The fourth-order valence-corrected chi connectivity index (χ4v) is 3.16. The summed E-state index contributed by atoms with van der Waals surface area (Å²) in [6.07, 6.45) is 13.8. The molecule has 2 atom stereocenters. The molecular weight excluding hydrogens is 193 g/mol. The van der Waals surface area contributed by atoms with E-state index in [9.17, 15) is 0 Å². The summed E-state index contributed by atoms with van der Waals surface area (Å²) >= 11 is 0. The second-order valence-electron chi connectivity index (χ2n) is 5.43. The summed E-state index contributed by atoms with van der Waals surface area (Å²) in [7, 11) is 0. The molecule has 0 aromatic heterocycles. The molecule has 0 aromatic rings. The van der Waals surface area contributed by atoms with Crippen molar-refractivity contribution in [3.05, 3.63) is 36.5 Å². The lowest BCUT2D eigenvalue weighted by Gasteiger charge is -2.38. The summed E-state index contributed by atoms with van der Waals surface area (Å²) in [5, 5.41) is 0. The predicted molar refractivity (Wildman–Crippen MR) is 72.8 cm³/mol. The summed E-state index contributed by atoms with van der Waals surface area (Å²) in [6.45, 7) is 9.83. The van der Waals surface area contributed by atoms with Crippen LogP contribution in [0.5, 0.6) is 0 Å². The van der Waals surface area contributed by atoms with Gasteiger partial charge in [-0.25, -0.2) is 0 Å². The topological polar surface area (TPSA) is 3.24 Å². The van der Waals surface area contributed by atoms with Gasteiger partial charge in [0.15, 0.2) is 0 Å². The Labute approximate surface area is 100 Å². The van der Waals surface area contributed by atoms with Gasteiger partial charge in [0.05, 0.1) is 0 Å². The minimum Gasteiger partial charge on any atom is -0.336 e. The van der Waals surface area contributed by atoms with E-state index in [-0.39, 0.29) is 0 Å². The van der Waals surface area contributed by atoms with Crippen molar-refractivity contribution in [2.24, 2.45) is 0 Å². The molecule has 0 spiro atoms. The van der Waals surface area contributed by atoms with Crippen molar-refractivity contribution in [3.8, 4) is 0 Å². The molecule has 0 radical (unpaired) electrons. The van der Waals surface area contributed by atoms with Crippen molar-refractivity contribution in [3.63, 3.8) is 0 Å². The van der Waals surface area contributed by atoms with Gasteiger partial charge in [-0.15, -0.1) is 0 Å². The highest BCUT2D eigenvalue weighted by Gasteiger charge is 2.40. The maximum absolute atomic E-state index is 2.65. The summed E-state index contributed by atoms with van der Waals surface area (Å²) in [4.78, 5) is 2.65. The van der Waals surface area contributed by atoms with Crippen LogP contribution >= 0.6 is 0 Å². The van der Waals surface area contributed by atoms with Crippen molar-refractivity contribution in [2.75, 3.05) is 0 Å². The first-order valence-corrected chi connectivity index (χ1v) is 6.42. The van der Waals surface area contributed by atoms with Crippen LogP contribution in [-0.2, 0) is 0 Å². The molecule has 2 heteroatoms. The second kappa shape index (κ2) is 4.62. The van der Waals surface area contributed by atoms with E-state index < -0.39 is 0 Å². The molecule has 0 saturated heterocycles. The highest BCUT2D eigenvalue weighted by atomic mass is 15.1. The Kier molecular flexibility index (Phi) is 3.39. The van der Waals surface area contributed by atoms with Crippen LogP contribution in [0.25, 0.3) is 0 Å². The highest BCUT2D eigenvalue weighted by molar-refractivity contribution is 6.63. The Morgan fingerprint density at radius 3 is 1.62 bits per heavy atom. The lowest BCUT2D eigenvalue weighted by Crippen LogP contribution is -2.50. The van der Waals surface area contributed by atoms with Crippen LogP contribution < -0.4 is 0 Å². The molecule has 86 valence electrons. The molecular formula is C14H22BN. The van der Waals surface area contributed by atoms with Crippen LogP contribution in [0.4, 0.5) is 0 Å². The van der Waals surface area contributed by atoms with Crippen molar-refractivity contribution in [1.82, 2.24) is 4.81 Å². The van der Waals surface area contributed by atoms with Crippen LogP contribution in [0.1, 0.15) is 27.7 Å². The van der Waals surface area contributed by atoms with E-state index in [0.29, 0.717) is 30.6 Å². The van der Waals surface area contributed by atoms with Crippen molar-refractivity contribution in [2.45, 2.75) is 51.4 Å². The Morgan fingerprint density at radius 1 is 0.812 bits per heavy atom. The van der Waals surface area contributed by atoms with Gasteiger partial charge < -0.3 is 4.81 Å². The first kappa shape index (κ1) is 11.7. The summed E-state index contributed by atoms with van der Waals surface area (Å²) in [5.41, 5.74) is 0. The smallest absolute Gasteiger partial charge is 0.245 e. The Balaban J connectivity index is 2.26. The zero-order chi connectivity index (χ0) is 11.7. The summed E-state index contributed by atoms with van der Waals surface area (Å²) in [5.74, 6) is 1.18. The van der Waals surface area contributed by atoms with Gasteiger partial charge in [0.2, 0.25) is 6.85 Å². The van der Waals surface area contributed by atoms with Gasteiger partial charge in [-0.3, -0.25) is 0 Å². The van der Waals surface area contributed by atoms with Gasteiger partial charge in [-0.2, -0.15) is 0 Å². The number of fused-ring (bicyclic) bond motifs is 2. The van der Waals surface area contributed by atoms with Crippen molar-refractivity contribution in [1.29, 1.82) is 0 Å². The van der Waals surface area contributed by atoms with Crippen molar-refractivity contribution >= 4 is 6.85 Å². The second-order valence-corrected chi connectivity index (χ2v) is 5.43. The third kappa shape index (κ3) is 2.03. The molecule has 16 heavy (non-hydrogen) atoms. The summed E-state index contributed by atoms with van der Waals surface area (Å²) in [6, 6.07) is 1.21. The van der Waals surface area contributed by atoms with Crippen LogP contribution in [-0.4, -0.2) is 23.7 Å². The van der Waals surface area contributed by atoms with Gasteiger partial charge >= 0.3 is 0 Å². The third-order valence-corrected chi connectivity index (χ3v) is 3.66. The minimum atomic E-state index is 0.588. The van der Waals surface area contributed by atoms with Crippen LogP contribution in [0, 0.1) is 0 Å². The number of allylic oxidation sites excluding steroid dienone is 6. The molecule has 2 bridgehead atoms. The SMILES string of the molecule is CC(C)N(B1C2C=CC=CC1C=C2)C(C)C. The maximum Gasteiger partial charge on any atom is 0.245 e. The van der Waals surface area contributed by atoms with Gasteiger partial charge in [0.25, 0.3) is 0 Å². The molecule has 1 nitrogen and oxygen atoms in total. The van der Waals surface area contributed by atoms with E-state index in [0.717, 1.165) is 0 Å². The average Bonchev–Trinajstić information content (AvgIpc) is 2.39. The molecule has 2 unspecified atom stereocenters. The molecule has 0 amide bonds. The quantitative estimate of drug-likeness (QED) is 0.514. The molecule has 0 N–H and O–H groups in total. The van der Waals surface area contributed by atoms with E-state index in [1.54, 1.807) is 0 Å². The fraction of sp³-hybridized carbons (Fsp3) is 0.571. The van der Waals surface area contributed by atoms with E-state index in [1.165, 1.54) is 0 Å². The zero-order valence-electron chi connectivity index (χ0n) is 10.8. The van der Waals surface area contributed by atoms with Gasteiger partial charge in [-0.05, 0) is 23.7 Å². The lowest BCUT2D eigenvalue weighted by atomic mass is 9.44. The molecule has 0 fully saturated rings. The first-order valence-electron chi connectivity index (χ1n) is 6.42. The molecule has 2 heterocycles. The maximum atomic E-state index is 2.65. The molecule has 2 rings (SSSR count). The van der Waals surface area contributed by atoms with E-state index in [2.05, 4.69) is 69.0 Å². The van der Waals surface area contributed by atoms with Gasteiger partial charge in [0, 0.05) is 0 Å². The molecule has 0 saturated carbocycles. The molecule has 0 aromatic carbocycles. The van der Waals surface area contributed by atoms with Gasteiger partial charge in [0.1, 0.15) is 0 Å². The number of hydrogen-bond acceptors (Lipinski definition) is 1. The van der Waals surface area contributed by atoms with Crippen LogP contribution in [0.3, 0.4) is 0 Å². The third-order valence-electron chi connectivity index (χ3n) is 3.66. The highest BCUT2D eigenvalue weighted by Crippen LogP contribution is 2.39. The molecule has 0 aliphatic carbocycles. The standard InChI is InChI=1S/C14H22BN/c1-11(2)16(12(3)4)15-13-7-5-6-8-14(15)10-9-13/h5-14H,1-4H3. The van der Waals surface area contributed by atoms with E-state index in [1.807, 2.05) is 0 Å². The van der Waals surface area contributed by atoms with Crippen LogP contribution in [0.15, 0.2) is 36.5 Å². The molecule has 2 aliphatic heterocycles. The fourth-order valence-electron chi connectivity index (χ4n) is 3.16. The Hall–Kier alpha value is -0.755. The largest absolute Gasteiger partial charge is 0.336 e. The average molecular weight is 215 g/mol. The van der Waals surface area contributed by atoms with Gasteiger partial charge in [-0.1, -0.05) is 64.2 Å². The van der Waals surface area contributed by atoms with E-state index >= 15 is 0 Å². The predicted octanol–water partition coefficient (Wildman–Crippen LogP) is 3.53. The monoisotopic (exact) mass is 215 g/mol. The Bertz CT molecular complexity index is 298. The lowest BCUT2D eigenvalue weighted by molar-refractivity contribution is 0.300.